The molecule has 0 aliphatic carbocycles. The summed E-state index contributed by atoms with van der Waals surface area (Å²) in [6, 6.07) is 25.4. The molecule has 0 saturated carbocycles. The van der Waals surface area contributed by atoms with Crippen molar-refractivity contribution in [2.45, 2.75) is 51.7 Å². The quantitative estimate of drug-likeness (QED) is 0.0813. The number of ether oxygens (including phenoxy) is 5. The standard InChI is InChI=1S/C40H38O9S2/c1-39(2,17-19-45-35(41)23-46-25-13-15-33-29(21-25)37(43)27-9-5-7-11-31(27)50-33)48-20-18-40(3,4)49-36(42)24-47-26-14-16-34-30(22-26)38(44)28-10-6-8-12-32(28)51-34/h5-16,21-22H,17-20,23-24H2,1-4H3. The summed E-state index contributed by atoms with van der Waals surface area (Å²) in [5, 5.41) is 2.39. The van der Waals surface area contributed by atoms with E-state index in [1.165, 1.54) is 22.7 Å². The highest BCUT2D eigenvalue weighted by molar-refractivity contribution is 7.24. The van der Waals surface area contributed by atoms with Crippen molar-refractivity contribution in [2.75, 3.05) is 26.4 Å². The van der Waals surface area contributed by atoms with Crippen LogP contribution in [0, 0.1) is 0 Å². The van der Waals surface area contributed by atoms with Crippen LogP contribution in [0.2, 0.25) is 0 Å². The van der Waals surface area contributed by atoms with Crippen molar-refractivity contribution >= 4 is 75.0 Å². The van der Waals surface area contributed by atoms with E-state index in [2.05, 4.69) is 0 Å². The third kappa shape index (κ3) is 8.91. The minimum atomic E-state index is -0.824. The van der Waals surface area contributed by atoms with Crippen molar-refractivity contribution in [1.29, 1.82) is 0 Å². The first-order valence-corrected chi connectivity index (χ1v) is 18.2. The number of esters is 2. The first-order valence-electron chi connectivity index (χ1n) is 16.6. The molecule has 264 valence electrons. The zero-order valence-corrected chi connectivity index (χ0v) is 30.4. The number of carbonyl (C=O) groups is 2. The molecular formula is C40H38O9S2. The molecule has 0 fully saturated rings. The van der Waals surface area contributed by atoms with Crippen LogP contribution in [0.25, 0.3) is 40.3 Å². The molecule has 0 spiro atoms. The number of hydrogen-bond acceptors (Lipinski definition) is 11. The lowest BCUT2D eigenvalue weighted by atomic mass is 10.0. The van der Waals surface area contributed by atoms with Crippen molar-refractivity contribution < 1.29 is 33.3 Å². The van der Waals surface area contributed by atoms with E-state index in [0.29, 0.717) is 52.5 Å². The third-order valence-corrected chi connectivity index (χ3v) is 10.7. The maximum atomic E-state index is 13.0. The zero-order chi connectivity index (χ0) is 36.2. The summed E-state index contributed by atoms with van der Waals surface area (Å²) in [6.45, 7) is 7.21. The molecule has 6 rings (SSSR count). The van der Waals surface area contributed by atoms with Gasteiger partial charge in [-0.3, -0.25) is 9.59 Å². The summed E-state index contributed by atoms with van der Waals surface area (Å²) in [7, 11) is 0. The van der Waals surface area contributed by atoms with Gasteiger partial charge in [0.2, 0.25) is 0 Å². The Balaban J connectivity index is 0.907. The molecule has 2 heterocycles. The van der Waals surface area contributed by atoms with Gasteiger partial charge in [-0.1, -0.05) is 24.3 Å². The molecule has 11 heteroatoms. The summed E-state index contributed by atoms with van der Waals surface area (Å²) >= 11 is 3.06. The van der Waals surface area contributed by atoms with E-state index in [-0.39, 0.29) is 30.7 Å². The summed E-state index contributed by atoms with van der Waals surface area (Å²) in [6.07, 6.45) is 0.858. The highest BCUT2D eigenvalue weighted by atomic mass is 32.1. The van der Waals surface area contributed by atoms with E-state index in [1.807, 2.05) is 62.4 Å². The molecule has 0 atom stereocenters. The molecule has 0 saturated heterocycles. The van der Waals surface area contributed by atoms with Crippen LogP contribution >= 0.6 is 22.7 Å². The molecule has 0 unspecified atom stereocenters. The monoisotopic (exact) mass is 726 g/mol. The van der Waals surface area contributed by atoms with E-state index in [1.54, 1.807) is 50.2 Å². The van der Waals surface area contributed by atoms with Gasteiger partial charge in [0, 0.05) is 53.2 Å². The van der Waals surface area contributed by atoms with Gasteiger partial charge in [0.1, 0.15) is 17.1 Å². The van der Waals surface area contributed by atoms with Crippen LogP contribution in [0.1, 0.15) is 40.5 Å². The average molecular weight is 727 g/mol. The number of benzene rings is 4. The third-order valence-electron chi connectivity index (χ3n) is 8.36. The van der Waals surface area contributed by atoms with Crippen LogP contribution in [0.4, 0.5) is 0 Å². The highest BCUT2D eigenvalue weighted by Crippen LogP contribution is 2.29. The Morgan fingerprint density at radius 2 is 1.04 bits per heavy atom. The lowest BCUT2D eigenvalue weighted by molar-refractivity contribution is -0.161. The Morgan fingerprint density at radius 3 is 1.59 bits per heavy atom. The predicted octanol–water partition coefficient (Wildman–Crippen LogP) is 8.04. The first-order chi connectivity index (χ1) is 24.4. The summed E-state index contributed by atoms with van der Waals surface area (Å²) in [5.74, 6) is -0.243. The fourth-order valence-corrected chi connectivity index (χ4v) is 7.62. The van der Waals surface area contributed by atoms with E-state index >= 15 is 0 Å². The summed E-state index contributed by atoms with van der Waals surface area (Å²) in [4.78, 5) is 51.0. The Morgan fingerprint density at radius 1 is 0.569 bits per heavy atom. The highest BCUT2D eigenvalue weighted by Gasteiger charge is 2.26. The largest absolute Gasteiger partial charge is 0.482 e. The van der Waals surface area contributed by atoms with Gasteiger partial charge in [0.15, 0.2) is 24.1 Å². The fraction of sp³-hybridized carbons (Fsp3) is 0.300. The molecule has 0 aliphatic heterocycles. The minimum Gasteiger partial charge on any atom is -0.482 e. The van der Waals surface area contributed by atoms with Crippen molar-refractivity contribution in [1.82, 2.24) is 0 Å². The molecule has 4 aromatic carbocycles. The van der Waals surface area contributed by atoms with Gasteiger partial charge in [-0.25, -0.2) is 9.59 Å². The van der Waals surface area contributed by atoms with Gasteiger partial charge in [-0.05, 0) is 88.4 Å². The van der Waals surface area contributed by atoms with Crippen molar-refractivity contribution in [3.8, 4) is 11.5 Å². The summed E-state index contributed by atoms with van der Waals surface area (Å²) < 4.78 is 31.9. The Hall–Kier alpha value is -4.84. The molecule has 51 heavy (non-hydrogen) atoms. The van der Waals surface area contributed by atoms with Gasteiger partial charge in [-0.15, -0.1) is 22.7 Å². The first kappa shape index (κ1) is 36.0. The predicted molar refractivity (Wildman–Crippen MR) is 203 cm³/mol. The molecule has 0 amide bonds. The van der Waals surface area contributed by atoms with Crippen LogP contribution in [0.3, 0.4) is 0 Å². The second kappa shape index (κ2) is 15.2. The molecule has 0 bridgehead atoms. The maximum Gasteiger partial charge on any atom is 0.344 e. The van der Waals surface area contributed by atoms with E-state index in [0.717, 1.165) is 18.8 Å². The van der Waals surface area contributed by atoms with Crippen molar-refractivity contribution in [3.05, 3.63) is 105 Å². The molecule has 0 radical (unpaired) electrons. The molecule has 0 N–H and O–H groups in total. The van der Waals surface area contributed by atoms with Crippen LogP contribution in [-0.2, 0) is 23.8 Å². The van der Waals surface area contributed by atoms with E-state index in [4.69, 9.17) is 23.7 Å². The van der Waals surface area contributed by atoms with E-state index < -0.39 is 23.1 Å². The molecule has 9 nitrogen and oxygen atoms in total. The van der Waals surface area contributed by atoms with Crippen LogP contribution in [0.5, 0.6) is 11.5 Å². The smallest absolute Gasteiger partial charge is 0.344 e. The number of hydrogen-bond donors (Lipinski definition) is 0. The lowest BCUT2D eigenvalue weighted by Gasteiger charge is -2.29. The Bertz CT molecular complexity index is 2360. The van der Waals surface area contributed by atoms with Crippen molar-refractivity contribution in [3.63, 3.8) is 0 Å². The normalized spacial score (nSPS) is 12.0. The van der Waals surface area contributed by atoms with Crippen molar-refractivity contribution in [2.24, 2.45) is 0 Å². The number of fused-ring (bicyclic) bond motifs is 4. The Kier molecular flexibility index (Phi) is 10.7. The topological polar surface area (TPSA) is 114 Å². The lowest BCUT2D eigenvalue weighted by Crippen LogP contribution is -2.34. The Labute approximate surface area is 302 Å². The van der Waals surface area contributed by atoms with Crippen LogP contribution < -0.4 is 20.3 Å². The second-order valence-corrected chi connectivity index (χ2v) is 15.5. The van der Waals surface area contributed by atoms with Crippen LogP contribution in [0.15, 0.2) is 94.5 Å². The maximum absolute atomic E-state index is 13.0. The minimum absolute atomic E-state index is 0.0720. The SMILES string of the molecule is CC(C)(CCOC(=O)COc1ccc2sc3ccccc3c(=O)c2c1)OCCC(C)(C)OC(=O)COc1ccc2sc3ccccc3c(=O)c2c1. The fourth-order valence-electron chi connectivity index (χ4n) is 5.51. The van der Waals surface area contributed by atoms with Gasteiger partial charge >= 0.3 is 11.9 Å². The summed E-state index contributed by atoms with van der Waals surface area (Å²) in [5.41, 5.74) is -1.58. The molecular weight excluding hydrogens is 689 g/mol. The average Bonchev–Trinajstić information content (AvgIpc) is 3.10. The molecule has 0 aliphatic rings. The van der Waals surface area contributed by atoms with Crippen LogP contribution in [-0.4, -0.2) is 49.6 Å². The van der Waals surface area contributed by atoms with Gasteiger partial charge in [-0.2, -0.15) is 0 Å². The van der Waals surface area contributed by atoms with E-state index in [9.17, 15) is 19.2 Å². The molecule has 2 aromatic heterocycles. The number of carbonyl (C=O) groups excluding carboxylic acids is 2. The molecule has 6 aromatic rings. The zero-order valence-electron chi connectivity index (χ0n) is 28.8. The van der Waals surface area contributed by atoms with Gasteiger partial charge in [0.25, 0.3) is 0 Å². The van der Waals surface area contributed by atoms with Gasteiger partial charge < -0.3 is 23.7 Å². The second-order valence-electron chi connectivity index (χ2n) is 13.3. The van der Waals surface area contributed by atoms with Gasteiger partial charge in [0.05, 0.1) is 18.8 Å². The number of rotatable bonds is 14.